The number of halogens is 4. The highest BCUT2D eigenvalue weighted by atomic mass is 19.4. The number of anilines is 1. The van der Waals surface area contributed by atoms with Crippen molar-refractivity contribution < 1.29 is 27.5 Å². The maximum Gasteiger partial charge on any atom is 0.426 e. The molecule has 0 bridgehead atoms. The number of rotatable bonds is 4. The monoisotopic (exact) mass is 327 g/mol. The molecule has 0 saturated heterocycles. The van der Waals surface area contributed by atoms with Crippen molar-refractivity contribution in [2.45, 2.75) is 18.2 Å². The van der Waals surface area contributed by atoms with Gasteiger partial charge >= 0.3 is 6.18 Å². The van der Waals surface area contributed by atoms with Gasteiger partial charge in [-0.25, -0.2) is 4.39 Å². The third-order valence-corrected chi connectivity index (χ3v) is 3.25. The molecule has 7 heteroatoms. The lowest BCUT2D eigenvalue weighted by atomic mass is 9.92. The molecule has 3 nitrogen and oxygen atoms in total. The summed E-state index contributed by atoms with van der Waals surface area (Å²) in [5.41, 5.74) is -3.52. The van der Waals surface area contributed by atoms with Crippen molar-refractivity contribution in [2.24, 2.45) is 0 Å². The standard InChI is InChI=1S/C16H13F4NO2/c17-12-8-6-11(7-9-12)10-15(23,16(18,19)20)14(22)21-13-4-2-1-3-5-13/h1-9,23H,10H2,(H,21,22). The molecule has 0 fully saturated rings. The van der Waals surface area contributed by atoms with Crippen LogP contribution in [0.15, 0.2) is 54.6 Å². The van der Waals surface area contributed by atoms with Crippen molar-refractivity contribution in [3.05, 3.63) is 66.0 Å². The first kappa shape index (κ1) is 17.0. The van der Waals surface area contributed by atoms with E-state index in [0.717, 1.165) is 24.3 Å². The van der Waals surface area contributed by atoms with Gasteiger partial charge in [-0.15, -0.1) is 0 Å². The lowest BCUT2D eigenvalue weighted by molar-refractivity contribution is -0.248. The van der Waals surface area contributed by atoms with Gasteiger partial charge in [0.05, 0.1) is 0 Å². The molecule has 0 aliphatic rings. The van der Waals surface area contributed by atoms with Crippen molar-refractivity contribution in [3.8, 4) is 0 Å². The van der Waals surface area contributed by atoms with Crippen LogP contribution in [-0.2, 0) is 11.2 Å². The molecule has 2 N–H and O–H groups in total. The summed E-state index contributed by atoms with van der Waals surface area (Å²) >= 11 is 0. The molecule has 0 saturated carbocycles. The third kappa shape index (κ3) is 3.87. The van der Waals surface area contributed by atoms with Crippen LogP contribution in [0.25, 0.3) is 0 Å². The van der Waals surface area contributed by atoms with E-state index in [1.54, 1.807) is 6.07 Å². The summed E-state index contributed by atoms with van der Waals surface area (Å²) in [5, 5.41) is 12.0. The molecule has 0 radical (unpaired) electrons. The normalized spacial score (nSPS) is 14.1. The molecule has 2 aromatic rings. The number of aliphatic hydroxyl groups is 1. The van der Waals surface area contributed by atoms with Gasteiger partial charge in [-0.3, -0.25) is 4.79 Å². The number of alkyl halides is 3. The van der Waals surface area contributed by atoms with E-state index >= 15 is 0 Å². The Morgan fingerprint density at radius 2 is 1.57 bits per heavy atom. The quantitative estimate of drug-likeness (QED) is 0.847. The van der Waals surface area contributed by atoms with Gasteiger partial charge in [0.15, 0.2) is 0 Å². The van der Waals surface area contributed by atoms with Gasteiger partial charge in [-0.1, -0.05) is 30.3 Å². The smallest absolute Gasteiger partial charge is 0.372 e. The lowest BCUT2D eigenvalue weighted by Gasteiger charge is -2.29. The Labute approximate surface area is 129 Å². The number of carbonyl (C=O) groups excluding carboxylic acids is 1. The van der Waals surface area contributed by atoms with Gasteiger partial charge in [-0.05, 0) is 29.8 Å². The van der Waals surface area contributed by atoms with Crippen LogP contribution in [0.3, 0.4) is 0 Å². The summed E-state index contributed by atoms with van der Waals surface area (Å²) in [4.78, 5) is 12.0. The fourth-order valence-corrected chi connectivity index (χ4v) is 1.96. The molecule has 0 heterocycles. The van der Waals surface area contributed by atoms with E-state index in [9.17, 15) is 27.5 Å². The fraction of sp³-hybridized carbons (Fsp3) is 0.188. The zero-order chi connectivity index (χ0) is 17.1. The van der Waals surface area contributed by atoms with Crippen molar-refractivity contribution >= 4 is 11.6 Å². The minimum Gasteiger partial charge on any atom is -0.372 e. The number of hydrogen-bond acceptors (Lipinski definition) is 2. The number of amides is 1. The van der Waals surface area contributed by atoms with Crippen LogP contribution in [0.1, 0.15) is 5.56 Å². The van der Waals surface area contributed by atoms with Crippen LogP contribution in [0, 0.1) is 5.82 Å². The highest BCUT2D eigenvalue weighted by Gasteiger charge is 2.59. The van der Waals surface area contributed by atoms with Crippen molar-refractivity contribution in [1.29, 1.82) is 0 Å². The van der Waals surface area contributed by atoms with E-state index in [-0.39, 0.29) is 11.3 Å². The number of para-hydroxylation sites is 1. The second-order valence-electron chi connectivity index (χ2n) is 4.98. The molecule has 1 unspecified atom stereocenters. The number of hydrogen-bond donors (Lipinski definition) is 2. The summed E-state index contributed by atoms with van der Waals surface area (Å²) in [7, 11) is 0. The second-order valence-corrected chi connectivity index (χ2v) is 4.98. The molecule has 2 rings (SSSR count). The Kier molecular flexibility index (Phi) is 4.70. The fourth-order valence-electron chi connectivity index (χ4n) is 1.96. The van der Waals surface area contributed by atoms with Crippen LogP contribution < -0.4 is 5.32 Å². The SMILES string of the molecule is O=C(Nc1ccccc1)C(O)(Cc1ccc(F)cc1)C(F)(F)F. The van der Waals surface area contributed by atoms with E-state index in [1.807, 2.05) is 5.32 Å². The Bertz CT molecular complexity index is 671. The highest BCUT2D eigenvalue weighted by Crippen LogP contribution is 2.34. The number of carbonyl (C=O) groups is 1. The predicted octanol–water partition coefficient (Wildman–Crippen LogP) is 3.30. The Balaban J connectivity index is 2.28. The zero-order valence-electron chi connectivity index (χ0n) is 11.8. The summed E-state index contributed by atoms with van der Waals surface area (Å²) in [6, 6.07) is 11.6. The molecule has 1 amide bonds. The Hall–Kier alpha value is -2.41. The molecule has 23 heavy (non-hydrogen) atoms. The minimum atomic E-state index is -5.19. The molecule has 0 aliphatic carbocycles. The van der Waals surface area contributed by atoms with Gasteiger partial charge in [-0.2, -0.15) is 13.2 Å². The zero-order valence-corrected chi connectivity index (χ0v) is 11.8. The Morgan fingerprint density at radius 3 is 2.09 bits per heavy atom. The van der Waals surface area contributed by atoms with Gasteiger partial charge in [0.2, 0.25) is 5.60 Å². The van der Waals surface area contributed by atoms with Crippen LogP contribution in [0.4, 0.5) is 23.2 Å². The minimum absolute atomic E-state index is 0.0190. The molecule has 0 spiro atoms. The lowest BCUT2D eigenvalue weighted by Crippen LogP contribution is -2.56. The van der Waals surface area contributed by atoms with Gasteiger partial charge in [0.25, 0.3) is 5.91 Å². The van der Waals surface area contributed by atoms with E-state index < -0.39 is 29.9 Å². The molecule has 1 atom stereocenters. The van der Waals surface area contributed by atoms with Crippen molar-refractivity contribution in [1.82, 2.24) is 0 Å². The highest BCUT2D eigenvalue weighted by molar-refractivity contribution is 5.98. The summed E-state index contributed by atoms with van der Waals surface area (Å²) in [6.45, 7) is 0. The first-order valence-electron chi connectivity index (χ1n) is 6.62. The van der Waals surface area contributed by atoms with Crippen molar-refractivity contribution in [3.63, 3.8) is 0 Å². The molecule has 0 aromatic heterocycles. The van der Waals surface area contributed by atoms with Gasteiger partial charge < -0.3 is 10.4 Å². The van der Waals surface area contributed by atoms with Crippen LogP contribution in [0.2, 0.25) is 0 Å². The summed E-state index contributed by atoms with van der Waals surface area (Å²) in [5.74, 6) is -2.22. The van der Waals surface area contributed by atoms with Crippen LogP contribution in [0.5, 0.6) is 0 Å². The first-order chi connectivity index (χ1) is 10.7. The average Bonchev–Trinajstić information content (AvgIpc) is 2.49. The molecule has 0 aliphatic heterocycles. The maximum absolute atomic E-state index is 13.2. The topological polar surface area (TPSA) is 49.3 Å². The largest absolute Gasteiger partial charge is 0.426 e. The molecule has 122 valence electrons. The first-order valence-corrected chi connectivity index (χ1v) is 6.62. The van der Waals surface area contributed by atoms with E-state index in [4.69, 9.17) is 0 Å². The van der Waals surface area contributed by atoms with Crippen LogP contribution >= 0.6 is 0 Å². The average molecular weight is 327 g/mol. The predicted molar refractivity (Wildman–Crippen MR) is 76.2 cm³/mol. The molecule has 2 aromatic carbocycles. The van der Waals surface area contributed by atoms with Gasteiger partial charge in [0, 0.05) is 12.1 Å². The van der Waals surface area contributed by atoms with Crippen molar-refractivity contribution in [2.75, 3.05) is 5.32 Å². The Morgan fingerprint density at radius 1 is 1.00 bits per heavy atom. The van der Waals surface area contributed by atoms with E-state index in [0.29, 0.717) is 0 Å². The van der Waals surface area contributed by atoms with E-state index in [1.165, 1.54) is 24.3 Å². The van der Waals surface area contributed by atoms with Gasteiger partial charge in [0.1, 0.15) is 5.82 Å². The maximum atomic E-state index is 13.2. The van der Waals surface area contributed by atoms with E-state index in [2.05, 4.69) is 0 Å². The molecular weight excluding hydrogens is 314 g/mol. The summed E-state index contributed by atoms with van der Waals surface area (Å²) < 4.78 is 52.5. The number of benzene rings is 2. The second kappa shape index (κ2) is 6.37. The van der Waals surface area contributed by atoms with Crippen LogP contribution in [-0.4, -0.2) is 22.8 Å². The summed E-state index contributed by atoms with van der Waals surface area (Å²) in [6.07, 6.45) is -6.21. The molecular formula is C16H13F4NO2. The number of nitrogens with one attached hydrogen (secondary N) is 1. The third-order valence-electron chi connectivity index (χ3n) is 3.25.